The lowest BCUT2D eigenvalue weighted by molar-refractivity contribution is 1.02. The monoisotopic (exact) mass is 359 g/mol. The number of aliphatic imine (C=N–C) groups is 1. The van der Waals surface area contributed by atoms with E-state index >= 15 is 0 Å². The summed E-state index contributed by atoms with van der Waals surface area (Å²) in [6.45, 7) is 6.18. The van der Waals surface area contributed by atoms with E-state index in [-0.39, 0.29) is 0 Å². The summed E-state index contributed by atoms with van der Waals surface area (Å²) in [5, 5.41) is 0.521. The first-order chi connectivity index (χ1) is 12.6. The van der Waals surface area contributed by atoms with E-state index in [4.69, 9.17) is 11.6 Å². The molecule has 0 radical (unpaired) electrons. The fourth-order valence-corrected chi connectivity index (χ4v) is 3.19. The summed E-state index contributed by atoms with van der Waals surface area (Å²) >= 11 is 6.08. The molecule has 0 aliphatic rings. The number of aryl methyl sites for hydroxylation is 1. The number of nitrogens with zero attached hydrogens (tertiary/aromatic N) is 1. The fourth-order valence-electron chi connectivity index (χ4n) is 3.09. The Morgan fingerprint density at radius 2 is 1.54 bits per heavy atom. The third kappa shape index (κ3) is 4.50. The van der Waals surface area contributed by atoms with Crippen LogP contribution in [0.3, 0.4) is 0 Å². The Balaban J connectivity index is 1.99. The maximum atomic E-state index is 6.08. The summed E-state index contributed by atoms with van der Waals surface area (Å²) in [4.78, 5) is 4.54. The Labute approximate surface area is 160 Å². The molecule has 0 saturated carbocycles. The molecule has 0 spiro atoms. The predicted molar refractivity (Wildman–Crippen MR) is 114 cm³/mol. The van der Waals surface area contributed by atoms with E-state index < -0.39 is 0 Å². The van der Waals surface area contributed by atoms with Gasteiger partial charge < -0.3 is 0 Å². The third-order valence-corrected chi connectivity index (χ3v) is 4.40. The zero-order valence-electron chi connectivity index (χ0n) is 15.0. The van der Waals surface area contributed by atoms with E-state index in [9.17, 15) is 0 Å². The van der Waals surface area contributed by atoms with Crippen LogP contribution in [0.5, 0.6) is 0 Å². The number of halogens is 1. The van der Waals surface area contributed by atoms with Crippen molar-refractivity contribution >= 4 is 28.0 Å². The van der Waals surface area contributed by atoms with Gasteiger partial charge in [-0.25, -0.2) is 4.99 Å². The Kier molecular flexibility index (Phi) is 6.04. The highest BCUT2D eigenvalue weighted by Gasteiger charge is 2.13. The zero-order chi connectivity index (χ0) is 18.4. The molecule has 0 heterocycles. The van der Waals surface area contributed by atoms with Crippen molar-refractivity contribution in [3.8, 4) is 11.1 Å². The minimum absolute atomic E-state index is 0.521. The fraction of sp³-hybridized carbons (Fsp3) is 0.125. The first-order valence-electron chi connectivity index (χ1n) is 8.76. The standard InChI is InChI=1S/C24H22ClN/c1-18(16-17-20-10-5-3-6-11-20)24-22(21-12-7-4-8-13-21)14-9-15-23(24)26-19(2)25/h3-15H,1,16-17H2,2H3. The molecular formula is C24H22ClN. The molecule has 0 fully saturated rings. The molecule has 3 rings (SSSR count). The SMILES string of the molecule is C=C(CCc1ccccc1)c1c(N=C(C)Cl)cccc1-c1ccccc1. The van der Waals surface area contributed by atoms with Crippen LogP contribution >= 0.6 is 11.6 Å². The van der Waals surface area contributed by atoms with Crippen LogP contribution in [0.1, 0.15) is 24.5 Å². The van der Waals surface area contributed by atoms with Crippen LogP contribution in [0.15, 0.2) is 90.4 Å². The van der Waals surface area contributed by atoms with Gasteiger partial charge in [-0.05, 0) is 48.1 Å². The summed E-state index contributed by atoms with van der Waals surface area (Å²) in [6, 6.07) is 27.0. The van der Waals surface area contributed by atoms with Crippen molar-refractivity contribution in [1.29, 1.82) is 0 Å². The van der Waals surface area contributed by atoms with Gasteiger partial charge in [0.05, 0.1) is 5.69 Å². The molecular weight excluding hydrogens is 338 g/mol. The summed E-state index contributed by atoms with van der Waals surface area (Å²) < 4.78 is 0. The lowest BCUT2D eigenvalue weighted by atomic mass is 9.91. The Morgan fingerprint density at radius 1 is 0.885 bits per heavy atom. The topological polar surface area (TPSA) is 12.4 Å². The first-order valence-corrected chi connectivity index (χ1v) is 9.14. The first kappa shape index (κ1) is 18.2. The number of hydrogen-bond donors (Lipinski definition) is 0. The van der Waals surface area contributed by atoms with Crippen LogP contribution in [-0.2, 0) is 6.42 Å². The van der Waals surface area contributed by atoms with Crippen LogP contribution in [0.4, 0.5) is 5.69 Å². The lowest BCUT2D eigenvalue weighted by Crippen LogP contribution is -1.94. The second-order valence-corrected chi connectivity index (χ2v) is 6.81. The molecule has 0 atom stereocenters. The van der Waals surface area contributed by atoms with Gasteiger partial charge >= 0.3 is 0 Å². The van der Waals surface area contributed by atoms with Crippen LogP contribution < -0.4 is 0 Å². The van der Waals surface area contributed by atoms with Crippen molar-refractivity contribution in [3.63, 3.8) is 0 Å². The Hall–Kier alpha value is -2.64. The number of benzene rings is 3. The average molecular weight is 360 g/mol. The highest BCUT2D eigenvalue weighted by molar-refractivity contribution is 6.65. The minimum atomic E-state index is 0.521. The van der Waals surface area contributed by atoms with Gasteiger partial charge in [0, 0.05) is 5.56 Å². The highest BCUT2D eigenvalue weighted by atomic mass is 35.5. The second-order valence-electron chi connectivity index (χ2n) is 6.26. The van der Waals surface area contributed by atoms with Crippen LogP contribution in [0.2, 0.25) is 0 Å². The van der Waals surface area contributed by atoms with E-state index in [1.54, 1.807) is 6.92 Å². The molecule has 0 N–H and O–H groups in total. The van der Waals surface area contributed by atoms with Crippen molar-refractivity contribution in [1.82, 2.24) is 0 Å². The van der Waals surface area contributed by atoms with Crippen molar-refractivity contribution in [2.45, 2.75) is 19.8 Å². The second kappa shape index (κ2) is 8.64. The van der Waals surface area contributed by atoms with Gasteiger partial charge in [0.25, 0.3) is 0 Å². The predicted octanol–water partition coefficient (Wildman–Crippen LogP) is 7.29. The molecule has 0 unspecified atom stereocenters. The highest BCUT2D eigenvalue weighted by Crippen LogP contribution is 2.37. The minimum Gasteiger partial charge on any atom is -0.241 e. The van der Waals surface area contributed by atoms with Gasteiger partial charge in [0.1, 0.15) is 5.17 Å². The van der Waals surface area contributed by atoms with Crippen molar-refractivity contribution in [2.75, 3.05) is 0 Å². The molecule has 130 valence electrons. The molecule has 26 heavy (non-hydrogen) atoms. The Morgan fingerprint density at radius 3 is 2.19 bits per heavy atom. The number of rotatable bonds is 6. The molecule has 0 aromatic heterocycles. The quantitative estimate of drug-likeness (QED) is 0.410. The van der Waals surface area contributed by atoms with Crippen LogP contribution in [0.25, 0.3) is 16.7 Å². The van der Waals surface area contributed by atoms with E-state index in [0.717, 1.165) is 40.8 Å². The molecule has 1 nitrogen and oxygen atoms in total. The van der Waals surface area contributed by atoms with Crippen molar-refractivity contribution in [3.05, 3.63) is 96.6 Å². The molecule has 0 aliphatic carbocycles. The summed E-state index contributed by atoms with van der Waals surface area (Å²) in [7, 11) is 0. The molecule has 0 saturated heterocycles. The maximum Gasteiger partial charge on any atom is 0.103 e. The van der Waals surface area contributed by atoms with Gasteiger partial charge in [-0.3, -0.25) is 0 Å². The zero-order valence-corrected chi connectivity index (χ0v) is 15.7. The molecule has 0 bridgehead atoms. The molecule has 0 amide bonds. The Bertz CT molecular complexity index is 907. The van der Waals surface area contributed by atoms with E-state index in [0.29, 0.717) is 5.17 Å². The van der Waals surface area contributed by atoms with Gasteiger partial charge in [-0.15, -0.1) is 0 Å². The lowest BCUT2D eigenvalue weighted by Gasteiger charge is -2.15. The molecule has 3 aromatic rings. The van der Waals surface area contributed by atoms with Gasteiger partial charge in [-0.1, -0.05) is 91.0 Å². The average Bonchev–Trinajstić information content (AvgIpc) is 2.67. The van der Waals surface area contributed by atoms with Crippen LogP contribution in [0, 0.1) is 0 Å². The van der Waals surface area contributed by atoms with Crippen LogP contribution in [-0.4, -0.2) is 5.17 Å². The number of allylic oxidation sites excluding steroid dienone is 1. The van der Waals surface area contributed by atoms with Crippen molar-refractivity contribution < 1.29 is 0 Å². The van der Waals surface area contributed by atoms with E-state index in [1.165, 1.54) is 5.56 Å². The van der Waals surface area contributed by atoms with Gasteiger partial charge in [0.2, 0.25) is 0 Å². The van der Waals surface area contributed by atoms with E-state index in [1.807, 2.05) is 24.3 Å². The van der Waals surface area contributed by atoms with Gasteiger partial charge in [-0.2, -0.15) is 0 Å². The van der Waals surface area contributed by atoms with Gasteiger partial charge in [0.15, 0.2) is 0 Å². The number of hydrogen-bond acceptors (Lipinski definition) is 1. The van der Waals surface area contributed by atoms with E-state index in [2.05, 4.69) is 66.2 Å². The summed E-state index contributed by atoms with van der Waals surface area (Å²) in [6.07, 6.45) is 1.82. The normalized spacial score (nSPS) is 11.4. The molecule has 2 heteroatoms. The molecule has 0 aliphatic heterocycles. The smallest absolute Gasteiger partial charge is 0.103 e. The van der Waals surface area contributed by atoms with Crippen molar-refractivity contribution in [2.24, 2.45) is 4.99 Å². The molecule has 3 aromatic carbocycles. The summed E-state index contributed by atoms with van der Waals surface area (Å²) in [5.74, 6) is 0. The third-order valence-electron chi connectivity index (χ3n) is 4.31. The maximum absolute atomic E-state index is 6.08. The largest absolute Gasteiger partial charge is 0.241 e. The summed E-state index contributed by atoms with van der Waals surface area (Å²) in [5.41, 5.74) is 6.64.